The van der Waals surface area contributed by atoms with Gasteiger partial charge in [0, 0.05) is 11.8 Å². The molecule has 0 bridgehead atoms. The first-order valence-electron chi connectivity index (χ1n) is 7.30. The molecule has 1 atom stereocenters. The molecule has 0 aliphatic rings. The Balaban J connectivity index is 2.30. The molecule has 1 rings (SSSR count). The van der Waals surface area contributed by atoms with Crippen LogP contribution in [0.4, 0.5) is 0 Å². The average molecular weight is 305 g/mol. The molecule has 120 valence electrons. The molecular weight excluding hydrogens is 282 g/mol. The van der Waals surface area contributed by atoms with Gasteiger partial charge in [-0.15, -0.1) is 0 Å². The van der Waals surface area contributed by atoms with E-state index >= 15 is 0 Å². The van der Waals surface area contributed by atoms with E-state index in [1.165, 1.54) is 0 Å². The standard InChI is InChI=1S/C16H23N3O3/c1-4-12(2)17-15(20)10-13(3)18-19-16(21)11-22-14-8-6-5-7-9-14/h5-9,12H,4,10-11H2,1-3H3,(H,17,20)(H,19,21)/b18-13+/t12-/m0/s1. The van der Waals surface area contributed by atoms with E-state index in [2.05, 4.69) is 15.8 Å². The number of amides is 2. The minimum Gasteiger partial charge on any atom is -0.484 e. The predicted octanol–water partition coefficient (Wildman–Crippen LogP) is 1.86. The number of ether oxygens (including phenoxy) is 1. The van der Waals surface area contributed by atoms with Crippen LogP contribution in [0.3, 0.4) is 0 Å². The summed E-state index contributed by atoms with van der Waals surface area (Å²) in [6.45, 7) is 5.50. The molecule has 0 radical (unpaired) electrons. The van der Waals surface area contributed by atoms with Gasteiger partial charge in [-0.3, -0.25) is 9.59 Å². The number of nitrogens with zero attached hydrogens (tertiary/aromatic N) is 1. The molecule has 0 aliphatic carbocycles. The molecule has 22 heavy (non-hydrogen) atoms. The second-order valence-corrected chi connectivity index (χ2v) is 5.04. The van der Waals surface area contributed by atoms with Gasteiger partial charge in [0.15, 0.2) is 6.61 Å². The van der Waals surface area contributed by atoms with E-state index < -0.39 is 0 Å². The number of hydrogen-bond acceptors (Lipinski definition) is 4. The van der Waals surface area contributed by atoms with Crippen molar-refractivity contribution in [2.45, 2.75) is 39.7 Å². The Labute approximate surface area is 130 Å². The maximum absolute atomic E-state index is 11.6. The Morgan fingerprint density at radius 1 is 1.23 bits per heavy atom. The van der Waals surface area contributed by atoms with Crippen molar-refractivity contribution in [3.05, 3.63) is 30.3 Å². The molecule has 0 unspecified atom stereocenters. The van der Waals surface area contributed by atoms with Crippen LogP contribution in [0.25, 0.3) is 0 Å². The first-order valence-corrected chi connectivity index (χ1v) is 7.30. The first-order chi connectivity index (χ1) is 10.5. The molecular formula is C16H23N3O3. The lowest BCUT2D eigenvalue weighted by Gasteiger charge is -2.11. The maximum atomic E-state index is 11.6. The predicted molar refractivity (Wildman–Crippen MR) is 85.7 cm³/mol. The van der Waals surface area contributed by atoms with Gasteiger partial charge < -0.3 is 10.1 Å². The van der Waals surface area contributed by atoms with E-state index in [0.29, 0.717) is 11.5 Å². The van der Waals surface area contributed by atoms with Crippen molar-refractivity contribution in [2.75, 3.05) is 6.61 Å². The lowest BCUT2D eigenvalue weighted by molar-refractivity contribution is -0.123. The third-order valence-electron chi connectivity index (χ3n) is 2.92. The van der Waals surface area contributed by atoms with Gasteiger partial charge in [0.1, 0.15) is 5.75 Å². The molecule has 0 fully saturated rings. The summed E-state index contributed by atoms with van der Waals surface area (Å²) in [7, 11) is 0. The third kappa shape index (κ3) is 7.42. The molecule has 0 saturated heterocycles. The summed E-state index contributed by atoms with van der Waals surface area (Å²) in [4.78, 5) is 23.2. The Morgan fingerprint density at radius 2 is 1.91 bits per heavy atom. The highest BCUT2D eigenvalue weighted by Crippen LogP contribution is 2.07. The normalized spacial score (nSPS) is 12.4. The van der Waals surface area contributed by atoms with E-state index in [9.17, 15) is 9.59 Å². The van der Waals surface area contributed by atoms with Crippen LogP contribution in [0, 0.1) is 0 Å². The van der Waals surface area contributed by atoms with Crippen molar-refractivity contribution < 1.29 is 14.3 Å². The number of para-hydroxylation sites is 1. The molecule has 0 saturated carbocycles. The van der Waals surface area contributed by atoms with Gasteiger partial charge in [0.25, 0.3) is 5.91 Å². The Morgan fingerprint density at radius 3 is 2.55 bits per heavy atom. The number of nitrogens with one attached hydrogen (secondary N) is 2. The number of carbonyl (C=O) groups is 2. The van der Waals surface area contributed by atoms with Crippen LogP contribution in [0.1, 0.15) is 33.6 Å². The van der Waals surface area contributed by atoms with Crippen LogP contribution in [-0.4, -0.2) is 30.2 Å². The molecule has 1 aromatic rings. The Hall–Kier alpha value is -2.37. The second-order valence-electron chi connectivity index (χ2n) is 5.04. The Kier molecular flexibility index (Phi) is 7.67. The SMILES string of the molecule is CC[C@H](C)NC(=O)C/C(C)=N/NC(=O)COc1ccccc1. The largest absolute Gasteiger partial charge is 0.484 e. The van der Waals surface area contributed by atoms with Gasteiger partial charge in [0.05, 0.1) is 6.42 Å². The highest BCUT2D eigenvalue weighted by Gasteiger charge is 2.07. The molecule has 6 nitrogen and oxygen atoms in total. The third-order valence-corrected chi connectivity index (χ3v) is 2.92. The Bertz CT molecular complexity index is 515. The van der Waals surface area contributed by atoms with Gasteiger partial charge in [-0.05, 0) is 32.4 Å². The highest BCUT2D eigenvalue weighted by atomic mass is 16.5. The smallest absolute Gasteiger partial charge is 0.277 e. The molecule has 1 aromatic carbocycles. The zero-order valence-electron chi connectivity index (χ0n) is 13.3. The number of hydrazone groups is 1. The minimum atomic E-state index is -0.370. The van der Waals surface area contributed by atoms with Crippen LogP contribution in [0.2, 0.25) is 0 Å². The van der Waals surface area contributed by atoms with Crippen LogP contribution in [0.5, 0.6) is 5.75 Å². The minimum absolute atomic E-state index is 0.106. The van der Waals surface area contributed by atoms with Gasteiger partial charge in [-0.25, -0.2) is 5.43 Å². The van der Waals surface area contributed by atoms with E-state index in [1.54, 1.807) is 19.1 Å². The fraction of sp³-hybridized carbons (Fsp3) is 0.438. The zero-order chi connectivity index (χ0) is 16.4. The van der Waals surface area contributed by atoms with Crippen LogP contribution < -0.4 is 15.5 Å². The summed E-state index contributed by atoms with van der Waals surface area (Å²) in [5, 5.41) is 6.72. The number of carbonyl (C=O) groups excluding carboxylic acids is 2. The van der Waals surface area contributed by atoms with Crippen LogP contribution >= 0.6 is 0 Å². The number of benzene rings is 1. The lowest BCUT2D eigenvalue weighted by atomic mass is 10.2. The van der Waals surface area contributed by atoms with Crippen molar-refractivity contribution >= 4 is 17.5 Å². The summed E-state index contributed by atoms with van der Waals surface area (Å²) in [5.74, 6) is 0.141. The monoisotopic (exact) mass is 305 g/mol. The summed E-state index contributed by atoms with van der Waals surface area (Å²) in [6.07, 6.45) is 1.03. The summed E-state index contributed by atoms with van der Waals surface area (Å²) in [5.41, 5.74) is 2.91. The summed E-state index contributed by atoms with van der Waals surface area (Å²) < 4.78 is 5.29. The van der Waals surface area contributed by atoms with E-state index in [1.807, 2.05) is 32.0 Å². The lowest BCUT2D eigenvalue weighted by Crippen LogP contribution is -2.33. The van der Waals surface area contributed by atoms with Crippen LogP contribution in [0.15, 0.2) is 35.4 Å². The fourth-order valence-electron chi connectivity index (χ4n) is 1.56. The van der Waals surface area contributed by atoms with Gasteiger partial charge in [0.2, 0.25) is 5.91 Å². The number of hydrogen-bond donors (Lipinski definition) is 2. The topological polar surface area (TPSA) is 79.8 Å². The molecule has 0 aliphatic heterocycles. The highest BCUT2D eigenvalue weighted by molar-refractivity contribution is 6.00. The van der Waals surface area contributed by atoms with E-state index in [0.717, 1.165) is 6.42 Å². The molecule has 0 heterocycles. The van der Waals surface area contributed by atoms with E-state index in [4.69, 9.17) is 4.74 Å². The van der Waals surface area contributed by atoms with Crippen molar-refractivity contribution in [3.8, 4) is 5.75 Å². The fourth-order valence-corrected chi connectivity index (χ4v) is 1.56. The van der Waals surface area contributed by atoms with E-state index in [-0.39, 0.29) is 30.9 Å². The van der Waals surface area contributed by atoms with Crippen LogP contribution in [-0.2, 0) is 9.59 Å². The number of rotatable bonds is 8. The first kappa shape index (κ1) is 17.7. The average Bonchev–Trinajstić information content (AvgIpc) is 2.51. The molecule has 0 aromatic heterocycles. The molecule has 2 N–H and O–H groups in total. The van der Waals surface area contributed by atoms with Gasteiger partial charge in [-0.1, -0.05) is 25.1 Å². The van der Waals surface area contributed by atoms with Crippen molar-refractivity contribution in [2.24, 2.45) is 5.10 Å². The second kappa shape index (κ2) is 9.55. The zero-order valence-corrected chi connectivity index (χ0v) is 13.3. The van der Waals surface area contributed by atoms with Gasteiger partial charge >= 0.3 is 0 Å². The maximum Gasteiger partial charge on any atom is 0.277 e. The summed E-state index contributed by atoms with van der Waals surface area (Å²) >= 11 is 0. The van der Waals surface area contributed by atoms with Crippen molar-refractivity contribution in [1.82, 2.24) is 10.7 Å². The van der Waals surface area contributed by atoms with Crippen molar-refractivity contribution in [3.63, 3.8) is 0 Å². The van der Waals surface area contributed by atoms with Gasteiger partial charge in [-0.2, -0.15) is 5.10 Å². The van der Waals surface area contributed by atoms with Crippen molar-refractivity contribution in [1.29, 1.82) is 0 Å². The quantitative estimate of drug-likeness (QED) is 0.568. The molecule has 6 heteroatoms. The molecule has 0 spiro atoms. The summed E-state index contributed by atoms with van der Waals surface area (Å²) in [6, 6.07) is 9.18. The molecule has 2 amide bonds.